The van der Waals surface area contributed by atoms with Crippen molar-refractivity contribution in [3.05, 3.63) is 44.7 Å². The number of hydrogen-bond acceptors (Lipinski definition) is 7. The molecule has 1 aliphatic carbocycles. The van der Waals surface area contributed by atoms with Crippen LogP contribution in [0.4, 0.5) is 11.6 Å². The van der Waals surface area contributed by atoms with Gasteiger partial charge in [-0.25, -0.2) is 4.98 Å². The highest BCUT2D eigenvalue weighted by atomic mass is 35.5. The molecule has 0 aromatic carbocycles. The molecule has 30 heavy (non-hydrogen) atoms. The zero-order chi connectivity index (χ0) is 21.3. The second kappa shape index (κ2) is 8.10. The fraction of sp³-hybridized carbons (Fsp3) is 0.444. The van der Waals surface area contributed by atoms with Gasteiger partial charge in [-0.1, -0.05) is 16.7 Å². The lowest BCUT2D eigenvalue weighted by molar-refractivity contribution is 0.170. The van der Waals surface area contributed by atoms with Gasteiger partial charge in [0.05, 0.1) is 11.7 Å². The van der Waals surface area contributed by atoms with Gasteiger partial charge in [0.2, 0.25) is 0 Å². The minimum Gasteiger partial charge on any atom is -0.382 e. The third kappa shape index (κ3) is 3.36. The third-order valence-corrected chi connectivity index (χ3v) is 5.95. The largest absolute Gasteiger partial charge is 0.382 e. The summed E-state index contributed by atoms with van der Waals surface area (Å²) in [5, 5.41) is 25.5. The first-order valence-corrected chi connectivity index (χ1v) is 9.94. The lowest BCUT2D eigenvalue weighted by atomic mass is 9.79. The molecule has 3 aromatic heterocycles. The average Bonchev–Trinajstić information content (AvgIpc) is 3.27. The van der Waals surface area contributed by atoms with E-state index >= 15 is 0 Å². The van der Waals surface area contributed by atoms with Crippen LogP contribution in [0.1, 0.15) is 35.8 Å². The fourth-order valence-corrected chi connectivity index (χ4v) is 3.92. The van der Waals surface area contributed by atoms with E-state index in [1.807, 2.05) is 10.7 Å². The maximum atomic E-state index is 9.54. The van der Waals surface area contributed by atoms with Gasteiger partial charge < -0.3 is 11.1 Å². The minimum absolute atomic E-state index is 0.195. The molecule has 0 spiro atoms. The number of anilines is 2. The van der Waals surface area contributed by atoms with Crippen LogP contribution < -0.4 is 11.1 Å². The molecule has 11 nitrogen and oxygen atoms in total. The number of azide groups is 1. The number of fused-ring (bicyclic) bond motifs is 1. The summed E-state index contributed by atoms with van der Waals surface area (Å²) in [6.45, 7) is 2.77. The van der Waals surface area contributed by atoms with Crippen LogP contribution in [-0.2, 0) is 6.42 Å². The topological polar surface area (TPSA) is 159 Å². The summed E-state index contributed by atoms with van der Waals surface area (Å²) in [5.74, 6) is 0.884. The van der Waals surface area contributed by atoms with Gasteiger partial charge in [-0.15, -0.1) is 0 Å². The van der Waals surface area contributed by atoms with Crippen molar-refractivity contribution in [3.63, 3.8) is 0 Å². The fourth-order valence-electron chi connectivity index (χ4n) is 3.76. The normalized spacial score (nSPS) is 17.9. The molecular weight excluding hydrogens is 406 g/mol. The summed E-state index contributed by atoms with van der Waals surface area (Å²) in [4.78, 5) is 7.32. The standard InChI is InChI=1S/C18H20ClN11/c1-10-15(19)18-26-17(13(8-20)16(21)30(18)27-10)23-6-4-12-5-7-25-29(12)14-3-2-11(14)9-24-28-22/h5,7,11,14H,2-4,6,9,21H2,1H3,(H,23,26). The molecule has 154 valence electrons. The Kier molecular flexibility index (Phi) is 5.35. The van der Waals surface area contributed by atoms with Gasteiger partial charge in [-0.3, -0.25) is 4.68 Å². The van der Waals surface area contributed by atoms with Gasteiger partial charge >= 0.3 is 0 Å². The highest BCUT2D eigenvalue weighted by Gasteiger charge is 2.33. The van der Waals surface area contributed by atoms with E-state index in [2.05, 4.69) is 36.6 Å². The Morgan fingerprint density at radius 1 is 1.50 bits per heavy atom. The number of nitrogens with one attached hydrogen (secondary N) is 1. The third-order valence-electron chi connectivity index (χ3n) is 5.51. The van der Waals surface area contributed by atoms with E-state index in [0.29, 0.717) is 47.6 Å². The Balaban J connectivity index is 1.50. The van der Waals surface area contributed by atoms with Crippen LogP contribution >= 0.6 is 11.6 Å². The summed E-state index contributed by atoms with van der Waals surface area (Å²) in [7, 11) is 0. The summed E-state index contributed by atoms with van der Waals surface area (Å²) < 4.78 is 3.40. The van der Waals surface area contributed by atoms with Crippen LogP contribution in [0, 0.1) is 24.2 Å². The molecule has 2 atom stereocenters. The van der Waals surface area contributed by atoms with Crippen LogP contribution in [0.2, 0.25) is 5.02 Å². The first-order chi connectivity index (χ1) is 14.5. The quantitative estimate of drug-likeness (QED) is 0.335. The smallest absolute Gasteiger partial charge is 0.178 e. The number of aryl methyl sites for hydroxylation is 1. The number of nitrogen functional groups attached to an aromatic ring is 1. The maximum absolute atomic E-state index is 9.54. The lowest BCUT2D eigenvalue weighted by Gasteiger charge is -2.36. The molecule has 2 unspecified atom stereocenters. The van der Waals surface area contributed by atoms with Crippen molar-refractivity contribution in [2.75, 3.05) is 24.1 Å². The summed E-state index contributed by atoms with van der Waals surface area (Å²) >= 11 is 6.27. The van der Waals surface area contributed by atoms with Gasteiger partial charge in [-0.05, 0) is 37.3 Å². The minimum atomic E-state index is 0.195. The number of aromatic nitrogens is 5. The van der Waals surface area contributed by atoms with Crippen LogP contribution in [0.3, 0.4) is 0 Å². The van der Waals surface area contributed by atoms with Crippen molar-refractivity contribution >= 4 is 28.9 Å². The van der Waals surface area contributed by atoms with Crippen molar-refractivity contribution in [2.24, 2.45) is 11.0 Å². The molecule has 4 rings (SSSR count). The Hall–Kier alpha value is -3.48. The number of hydrogen-bond donors (Lipinski definition) is 2. The second-order valence-electron chi connectivity index (χ2n) is 7.23. The summed E-state index contributed by atoms with van der Waals surface area (Å²) in [6.07, 6.45) is 4.49. The molecule has 1 fully saturated rings. The first-order valence-electron chi connectivity index (χ1n) is 9.56. The molecule has 0 aliphatic heterocycles. The Labute approximate surface area is 177 Å². The molecule has 1 saturated carbocycles. The van der Waals surface area contributed by atoms with Crippen molar-refractivity contribution in [1.82, 2.24) is 24.4 Å². The van der Waals surface area contributed by atoms with E-state index < -0.39 is 0 Å². The number of rotatable bonds is 7. The van der Waals surface area contributed by atoms with Gasteiger partial charge in [0.15, 0.2) is 5.65 Å². The molecule has 3 N–H and O–H groups in total. The first kappa shape index (κ1) is 19.8. The van der Waals surface area contributed by atoms with Gasteiger partial charge in [-0.2, -0.15) is 20.0 Å². The Morgan fingerprint density at radius 2 is 2.33 bits per heavy atom. The maximum Gasteiger partial charge on any atom is 0.178 e. The van der Waals surface area contributed by atoms with Crippen molar-refractivity contribution < 1.29 is 0 Å². The predicted octanol–water partition coefficient (Wildman–Crippen LogP) is 3.26. The molecule has 3 aromatic rings. The zero-order valence-electron chi connectivity index (χ0n) is 16.3. The van der Waals surface area contributed by atoms with Crippen LogP contribution in [0.5, 0.6) is 0 Å². The second-order valence-corrected chi connectivity index (χ2v) is 7.61. The predicted molar refractivity (Wildman–Crippen MR) is 112 cm³/mol. The van der Waals surface area contributed by atoms with E-state index in [0.717, 1.165) is 18.5 Å². The molecule has 0 saturated heterocycles. The monoisotopic (exact) mass is 425 g/mol. The molecule has 0 bridgehead atoms. The molecular formula is C18H20ClN11. The van der Waals surface area contributed by atoms with Crippen molar-refractivity contribution in [3.8, 4) is 6.07 Å². The number of nitrogens with zero attached hydrogens (tertiary/aromatic N) is 9. The van der Waals surface area contributed by atoms with Crippen molar-refractivity contribution in [2.45, 2.75) is 32.2 Å². The van der Waals surface area contributed by atoms with E-state index in [-0.39, 0.29) is 17.4 Å². The van der Waals surface area contributed by atoms with Gasteiger partial charge in [0, 0.05) is 36.3 Å². The number of nitriles is 1. The summed E-state index contributed by atoms with van der Waals surface area (Å²) in [6, 6.07) is 4.31. The molecule has 12 heteroatoms. The lowest BCUT2D eigenvalue weighted by Crippen LogP contribution is -2.33. The van der Waals surface area contributed by atoms with E-state index in [9.17, 15) is 5.26 Å². The number of halogens is 1. The van der Waals surface area contributed by atoms with Crippen LogP contribution in [-0.4, -0.2) is 37.5 Å². The van der Waals surface area contributed by atoms with E-state index in [1.54, 1.807) is 13.1 Å². The zero-order valence-corrected chi connectivity index (χ0v) is 17.1. The van der Waals surface area contributed by atoms with E-state index in [1.165, 1.54) is 4.52 Å². The van der Waals surface area contributed by atoms with Crippen molar-refractivity contribution in [1.29, 1.82) is 5.26 Å². The van der Waals surface area contributed by atoms with Crippen LogP contribution in [0.25, 0.3) is 16.1 Å². The molecule has 3 heterocycles. The highest BCUT2D eigenvalue weighted by molar-refractivity contribution is 6.34. The molecule has 1 aliphatic rings. The average molecular weight is 426 g/mol. The highest BCUT2D eigenvalue weighted by Crippen LogP contribution is 2.39. The van der Waals surface area contributed by atoms with Gasteiger partial charge in [0.1, 0.15) is 28.3 Å². The molecule has 0 amide bonds. The van der Waals surface area contributed by atoms with Gasteiger partial charge in [0.25, 0.3) is 0 Å². The summed E-state index contributed by atoms with van der Waals surface area (Å²) in [5.41, 5.74) is 17.0. The SMILES string of the molecule is Cc1nn2c(N)c(C#N)c(NCCc3ccnn3C3CCC3CN=[N+]=[N-])nc2c1Cl. The number of nitrogens with two attached hydrogens (primary N) is 1. The Bertz CT molecular complexity index is 1180. The molecule has 0 radical (unpaired) electrons. The van der Waals surface area contributed by atoms with Crippen LogP contribution in [0.15, 0.2) is 17.4 Å². The Morgan fingerprint density at radius 3 is 3.03 bits per heavy atom. The van der Waals surface area contributed by atoms with E-state index in [4.69, 9.17) is 22.9 Å².